The van der Waals surface area contributed by atoms with Crippen LogP contribution in [-0.2, 0) is 16.8 Å². The van der Waals surface area contributed by atoms with Gasteiger partial charge in [-0.2, -0.15) is 0 Å². The zero-order valence-electron chi connectivity index (χ0n) is 10.5. The molecule has 2 aromatic rings. The maximum absolute atomic E-state index is 12.0. The zero-order valence-corrected chi connectivity index (χ0v) is 10.5. The largest absolute Gasteiger partial charge is 0.479 e. The predicted molar refractivity (Wildman–Crippen MR) is 73.0 cm³/mol. The number of rotatable bonds is 2. The van der Waals surface area contributed by atoms with Gasteiger partial charge >= 0.3 is 5.97 Å². The topological polar surface area (TPSA) is 49.3 Å². The summed E-state index contributed by atoms with van der Waals surface area (Å²) in [5.74, 6) is -0.856. The normalized spacial score (nSPS) is 21.7. The van der Waals surface area contributed by atoms with Gasteiger partial charge in [0.05, 0.1) is 0 Å². The van der Waals surface area contributed by atoms with E-state index in [9.17, 15) is 9.90 Å². The minimum Gasteiger partial charge on any atom is -0.479 e. The highest BCUT2D eigenvalue weighted by Gasteiger charge is 2.44. The summed E-state index contributed by atoms with van der Waals surface area (Å²) in [6.45, 7) is 0.665. The number of nitrogens with one attached hydrogen (secondary N) is 1. The SMILES string of the molecule is O=C(O)[C@@]1(c2ccccc2)NCCc2ccccc21. The van der Waals surface area contributed by atoms with Crippen LogP contribution in [0.25, 0.3) is 0 Å². The zero-order chi connectivity index (χ0) is 13.3. The highest BCUT2D eigenvalue weighted by atomic mass is 16.4. The number of benzene rings is 2. The highest BCUT2D eigenvalue weighted by Crippen LogP contribution is 2.35. The van der Waals surface area contributed by atoms with Gasteiger partial charge in [0.25, 0.3) is 0 Å². The molecule has 0 saturated heterocycles. The molecule has 19 heavy (non-hydrogen) atoms. The van der Waals surface area contributed by atoms with Crippen molar-refractivity contribution in [3.8, 4) is 0 Å². The van der Waals surface area contributed by atoms with Crippen LogP contribution in [0.15, 0.2) is 54.6 Å². The summed E-state index contributed by atoms with van der Waals surface area (Å²) in [5.41, 5.74) is 1.60. The third-order valence-corrected chi connectivity index (χ3v) is 3.73. The lowest BCUT2D eigenvalue weighted by atomic mass is 9.77. The van der Waals surface area contributed by atoms with E-state index in [1.54, 1.807) is 0 Å². The second-order valence-corrected chi connectivity index (χ2v) is 4.76. The van der Waals surface area contributed by atoms with Crippen LogP contribution >= 0.6 is 0 Å². The highest BCUT2D eigenvalue weighted by molar-refractivity contribution is 5.86. The first-order valence-electron chi connectivity index (χ1n) is 6.37. The van der Waals surface area contributed by atoms with Gasteiger partial charge in [0.1, 0.15) is 0 Å². The number of carboxylic acid groups (broad SMARTS) is 1. The van der Waals surface area contributed by atoms with E-state index < -0.39 is 11.5 Å². The van der Waals surface area contributed by atoms with Crippen molar-refractivity contribution in [2.45, 2.75) is 12.0 Å². The van der Waals surface area contributed by atoms with Crippen molar-refractivity contribution in [2.75, 3.05) is 6.54 Å². The van der Waals surface area contributed by atoms with Crippen LogP contribution in [0.1, 0.15) is 16.7 Å². The van der Waals surface area contributed by atoms with Crippen LogP contribution in [0.2, 0.25) is 0 Å². The van der Waals surface area contributed by atoms with Gasteiger partial charge in [-0.1, -0.05) is 54.6 Å². The quantitative estimate of drug-likeness (QED) is 0.862. The van der Waals surface area contributed by atoms with Crippen LogP contribution in [-0.4, -0.2) is 17.6 Å². The Kier molecular flexibility index (Phi) is 2.84. The standard InChI is InChI=1S/C16H15NO2/c18-15(19)16(13-7-2-1-3-8-13)14-9-5-4-6-12(14)10-11-17-16/h1-9,17H,10-11H2,(H,18,19)/t16-/m0/s1. The molecule has 0 aromatic heterocycles. The molecular formula is C16H15NO2. The average molecular weight is 253 g/mol. The second kappa shape index (κ2) is 4.52. The molecule has 3 nitrogen and oxygen atoms in total. The fourth-order valence-corrected chi connectivity index (χ4v) is 2.84. The van der Waals surface area contributed by atoms with Gasteiger partial charge in [-0.25, -0.2) is 4.79 Å². The van der Waals surface area contributed by atoms with Crippen molar-refractivity contribution in [2.24, 2.45) is 0 Å². The van der Waals surface area contributed by atoms with Crippen molar-refractivity contribution in [3.63, 3.8) is 0 Å². The summed E-state index contributed by atoms with van der Waals surface area (Å²) in [6, 6.07) is 17.1. The molecule has 1 heterocycles. The molecule has 1 aliphatic heterocycles. The first-order chi connectivity index (χ1) is 9.25. The Bertz CT molecular complexity index is 609. The van der Waals surface area contributed by atoms with Crippen LogP contribution in [0.3, 0.4) is 0 Å². The van der Waals surface area contributed by atoms with E-state index in [2.05, 4.69) is 5.32 Å². The van der Waals surface area contributed by atoms with Crippen LogP contribution < -0.4 is 5.32 Å². The lowest BCUT2D eigenvalue weighted by Crippen LogP contribution is -2.53. The van der Waals surface area contributed by atoms with Gasteiger partial charge in [-0.05, 0) is 23.1 Å². The molecule has 2 N–H and O–H groups in total. The van der Waals surface area contributed by atoms with E-state index in [0.29, 0.717) is 6.54 Å². The van der Waals surface area contributed by atoms with Gasteiger partial charge in [-0.3, -0.25) is 5.32 Å². The summed E-state index contributed by atoms with van der Waals surface area (Å²) in [6.07, 6.45) is 0.859. The minimum atomic E-state index is -1.13. The Morgan fingerprint density at radius 1 is 1.05 bits per heavy atom. The Hall–Kier alpha value is -2.13. The molecule has 0 saturated carbocycles. The maximum atomic E-state index is 12.0. The number of carbonyl (C=O) groups is 1. The van der Waals surface area contributed by atoms with Crippen molar-refractivity contribution in [1.29, 1.82) is 0 Å². The Balaban J connectivity index is 2.27. The van der Waals surface area contributed by atoms with E-state index >= 15 is 0 Å². The first-order valence-corrected chi connectivity index (χ1v) is 6.37. The first kappa shape index (κ1) is 11.9. The van der Waals surface area contributed by atoms with Crippen molar-refractivity contribution in [1.82, 2.24) is 5.32 Å². The van der Waals surface area contributed by atoms with E-state index in [0.717, 1.165) is 23.1 Å². The number of aliphatic carboxylic acids is 1. The summed E-state index contributed by atoms with van der Waals surface area (Å²) in [4.78, 5) is 12.0. The summed E-state index contributed by atoms with van der Waals surface area (Å²) < 4.78 is 0. The molecule has 0 amide bonds. The van der Waals surface area contributed by atoms with Gasteiger partial charge in [0.15, 0.2) is 5.54 Å². The Morgan fingerprint density at radius 3 is 2.47 bits per heavy atom. The average Bonchev–Trinajstić information content (AvgIpc) is 2.47. The van der Waals surface area contributed by atoms with E-state index in [1.807, 2.05) is 54.6 Å². The number of hydrogen-bond donors (Lipinski definition) is 2. The molecule has 2 aromatic carbocycles. The van der Waals surface area contributed by atoms with Gasteiger partial charge in [-0.15, -0.1) is 0 Å². The molecule has 0 unspecified atom stereocenters. The van der Waals surface area contributed by atoms with Gasteiger partial charge in [0, 0.05) is 6.54 Å². The molecule has 0 fully saturated rings. The third-order valence-electron chi connectivity index (χ3n) is 3.73. The van der Waals surface area contributed by atoms with Crippen molar-refractivity contribution in [3.05, 3.63) is 71.3 Å². The Labute approximate surface area is 111 Å². The molecule has 1 atom stereocenters. The summed E-state index contributed by atoms with van der Waals surface area (Å²) >= 11 is 0. The fraction of sp³-hybridized carbons (Fsp3) is 0.188. The molecular weight excluding hydrogens is 238 g/mol. The molecule has 3 rings (SSSR count). The molecule has 0 bridgehead atoms. The predicted octanol–water partition coefficient (Wildman–Crippen LogP) is 2.16. The smallest absolute Gasteiger partial charge is 0.333 e. The number of carboxylic acids is 1. The Morgan fingerprint density at radius 2 is 1.74 bits per heavy atom. The molecule has 1 aliphatic rings. The van der Waals surface area contributed by atoms with Crippen molar-refractivity contribution < 1.29 is 9.90 Å². The summed E-state index contributed by atoms with van der Waals surface area (Å²) in [5, 5.41) is 13.0. The van der Waals surface area contributed by atoms with Gasteiger partial charge in [0.2, 0.25) is 0 Å². The number of hydrogen-bond acceptors (Lipinski definition) is 2. The van der Waals surface area contributed by atoms with Gasteiger partial charge < -0.3 is 5.11 Å². The minimum absolute atomic E-state index is 0.665. The third kappa shape index (κ3) is 1.74. The molecule has 96 valence electrons. The van der Waals surface area contributed by atoms with Crippen LogP contribution in [0.4, 0.5) is 0 Å². The van der Waals surface area contributed by atoms with Crippen LogP contribution in [0.5, 0.6) is 0 Å². The molecule has 3 heteroatoms. The molecule has 0 aliphatic carbocycles. The second-order valence-electron chi connectivity index (χ2n) is 4.76. The monoisotopic (exact) mass is 253 g/mol. The lowest BCUT2D eigenvalue weighted by Gasteiger charge is -2.37. The summed E-state index contributed by atoms with van der Waals surface area (Å²) in [7, 11) is 0. The van der Waals surface area contributed by atoms with E-state index in [1.165, 1.54) is 0 Å². The fourth-order valence-electron chi connectivity index (χ4n) is 2.84. The van der Waals surface area contributed by atoms with Crippen molar-refractivity contribution >= 4 is 5.97 Å². The van der Waals surface area contributed by atoms with Crippen LogP contribution in [0, 0.1) is 0 Å². The molecule has 0 spiro atoms. The lowest BCUT2D eigenvalue weighted by molar-refractivity contribution is -0.143. The van der Waals surface area contributed by atoms with E-state index in [-0.39, 0.29) is 0 Å². The number of fused-ring (bicyclic) bond motifs is 1. The molecule has 0 radical (unpaired) electrons. The van der Waals surface area contributed by atoms with E-state index in [4.69, 9.17) is 0 Å². The maximum Gasteiger partial charge on any atom is 0.333 e.